The zero-order chi connectivity index (χ0) is 24.0. The third-order valence-electron chi connectivity index (χ3n) is 4.56. The minimum absolute atomic E-state index is 0.0917. The Morgan fingerprint density at radius 2 is 1.27 bits per heavy atom. The van der Waals surface area contributed by atoms with Crippen LogP contribution in [0.25, 0.3) is 0 Å². The summed E-state index contributed by atoms with van der Waals surface area (Å²) in [5, 5.41) is 16.5. The summed E-state index contributed by atoms with van der Waals surface area (Å²) in [6.45, 7) is 0. The highest BCUT2D eigenvalue weighted by Gasteiger charge is 2.18. The number of esters is 1. The zero-order valence-corrected chi connectivity index (χ0v) is 17.7. The van der Waals surface area contributed by atoms with Gasteiger partial charge in [-0.1, -0.05) is 0 Å². The molecule has 10 heteroatoms. The van der Waals surface area contributed by atoms with Gasteiger partial charge in [-0.3, -0.25) is 19.7 Å². The lowest BCUT2D eigenvalue weighted by atomic mass is 10.1. The van der Waals surface area contributed by atoms with Gasteiger partial charge in [0.1, 0.15) is 5.75 Å². The molecule has 0 heterocycles. The summed E-state index contributed by atoms with van der Waals surface area (Å²) in [6.07, 6.45) is 0. The molecular formula is C23H19N3O7. The van der Waals surface area contributed by atoms with Gasteiger partial charge in [0.15, 0.2) is 0 Å². The van der Waals surface area contributed by atoms with E-state index in [4.69, 9.17) is 4.74 Å². The van der Waals surface area contributed by atoms with Crippen LogP contribution in [0.1, 0.15) is 31.1 Å². The number of hydrogen-bond donors (Lipinski definition) is 2. The van der Waals surface area contributed by atoms with Gasteiger partial charge in [0.2, 0.25) is 0 Å². The minimum atomic E-state index is -0.806. The molecule has 0 spiro atoms. The van der Waals surface area contributed by atoms with Crippen molar-refractivity contribution in [3.63, 3.8) is 0 Å². The van der Waals surface area contributed by atoms with Gasteiger partial charge in [-0.2, -0.15) is 0 Å². The van der Waals surface area contributed by atoms with Crippen LogP contribution in [0.4, 0.5) is 17.1 Å². The van der Waals surface area contributed by atoms with Crippen molar-refractivity contribution >= 4 is 34.8 Å². The van der Waals surface area contributed by atoms with Crippen LogP contribution in [0.2, 0.25) is 0 Å². The number of anilines is 2. The third-order valence-corrected chi connectivity index (χ3v) is 4.56. The SMILES string of the molecule is COC(=O)c1cc(C(=O)Nc2ccc(C(=O)Nc3ccc(OC)cc3)cc2)cc([N+](=O)[O-])c1. The number of carbonyl (C=O) groups excluding carboxylic acids is 3. The van der Waals surface area contributed by atoms with Crippen LogP contribution in [0.5, 0.6) is 5.75 Å². The van der Waals surface area contributed by atoms with E-state index in [2.05, 4.69) is 15.4 Å². The van der Waals surface area contributed by atoms with Gasteiger partial charge < -0.3 is 20.1 Å². The van der Waals surface area contributed by atoms with Gasteiger partial charge in [0.05, 0.1) is 24.7 Å². The second kappa shape index (κ2) is 10.1. The van der Waals surface area contributed by atoms with Crippen LogP contribution in [0, 0.1) is 10.1 Å². The molecule has 0 unspecified atom stereocenters. The van der Waals surface area contributed by atoms with E-state index in [1.54, 1.807) is 31.4 Å². The van der Waals surface area contributed by atoms with Crippen molar-refractivity contribution in [2.45, 2.75) is 0 Å². The Labute approximate surface area is 188 Å². The van der Waals surface area contributed by atoms with Gasteiger partial charge in [-0.25, -0.2) is 4.79 Å². The lowest BCUT2D eigenvalue weighted by Crippen LogP contribution is -2.15. The number of nitro groups is 1. The van der Waals surface area contributed by atoms with Crippen LogP contribution in [-0.4, -0.2) is 36.9 Å². The highest BCUT2D eigenvalue weighted by Crippen LogP contribution is 2.20. The lowest BCUT2D eigenvalue weighted by molar-refractivity contribution is -0.384. The summed E-state index contributed by atoms with van der Waals surface area (Å²) >= 11 is 0. The van der Waals surface area contributed by atoms with E-state index in [1.807, 2.05) is 0 Å². The maximum atomic E-state index is 12.6. The van der Waals surface area contributed by atoms with Crippen molar-refractivity contribution in [2.24, 2.45) is 0 Å². The first-order chi connectivity index (χ1) is 15.8. The molecule has 0 aliphatic carbocycles. The Kier molecular flexibility index (Phi) is 6.99. The molecule has 0 fully saturated rings. The first-order valence-electron chi connectivity index (χ1n) is 9.55. The van der Waals surface area contributed by atoms with E-state index in [1.165, 1.54) is 30.3 Å². The summed E-state index contributed by atoms with van der Waals surface area (Å²) < 4.78 is 9.65. The summed E-state index contributed by atoms with van der Waals surface area (Å²) in [5.41, 5.74) is 0.659. The Bertz CT molecular complexity index is 1210. The third kappa shape index (κ3) is 5.70. The van der Waals surface area contributed by atoms with Crippen LogP contribution >= 0.6 is 0 Å². The lowest BCUT2D eigenvalue weighted by Gasteiger charge is -2.09. The summed E-state index contributed by atoms with van der Waals surface area (Å²) in [6, 6.07) is 16.2. The number of hydrogen-bond acceptors (Lipinski definition) is 7. The molecule has 0 aromatic heterocycles. The van der Waals surface area contributed by atoms with Crippen LogP contribution < -0.4 is 15.4 Å². The normalized spacial score (nSPS) is 10.1. The van der Waals surface area contributed by atoms with E-state index in [9.17, 15) is 24.5 Å². The number of amides is 2. The first-order valence-corrected chi connectivity index (χ1v) is 9.55. The van der Waals surface area contributed by atoms with Gasteiger partial charge in [0.25, 0.3) is 17.5 Å². The topological polar surface area (TPSA) is 137 Å². The van der Waals surface area contributed by atoms with Gasteiger partial charge in [0, 0.05) is 34.6 Å². The Morgan fingerprint density at radius 3 is 1.79 bits per heavy atom. The molecule has 10 nitrogen and oxygen atoms in total. The predicted octanol–water partition coefficient (Wildman–Crippen LogP) is 3.89. The molecule has 2 amide bonds. The number of non-ortho nitro benzene ring substituents is 1. The summed E-state index contributed by atoms with van der Waals surface area (Å²) in [4.78, 5) is 47.2. The molecular weight excluding hydrogens is 430 g/mol. The number of carbonyl (C=O) groups is 3. The molecule has 2 N–H and O–H groups in total. The molecule has 33 heavy (non-hydrogen) atoms. The molecule has 0 atom stereocenters. The second-order valence-electron chi connectivity index (χ2n) is 6.73. The smallest absolute Gasteiger partial charge is 0.338 e. The largest absolute Gasteiger partial charge is 0.497 e. The minimum Gasteiger partial charge on any atom is -0.497 e. The van der Waals surface area contributed by atoms with Gasteiger partial charge >= 0.3 is 5.97 Å². The molecule has 0 aliphatic heterocycles. The number of nitro benzene ring substituents is 1. The number of benzene rings is 3. The van der Waals surface area contributed by atoms with Crippen molar-refractivity contribution in [2.75, 3.05) is 24.9 Å². The Hall–Kier alpha value is -4.73. The van der Waals surface area contributed by atoms with E-state index in [0.717, 1.165) is 19.2 Å². The van der Waals surface area contributed by atoms with Crippen molar-refractivity contribution in [1.29, 1.82) is 0 Å². The van der Waals surface area contributed by atoms with E-state index >= 15 is 0 Å². The molecule has 0 saturated carbocycles. The molecule has 0 saturated heterocycles. The van der Waals surface area contributed by atoms with Crippen molar-refractivity contribution in [1.82, 2.24) is 0 Å². The predicted molar refractivity (Wildman–Crippen MR) is 120 cm³/mol. The molecule has 168 valence electrons. The van der Waals surface area contributed by atoms with E-state index in [-0.39, 0.29) is 17.0 Å². The maximum absolute atomic E-state index is 12.6. The molecule has 0 radical (unpaired) electrons. The summed E-state index contributed by atoms with van der Waals surface area (Å²) in [5.74, 6) is -1.16. The fraction of sp³-hybridized carbons (Fsp3) is 0.0870. The number of methoxy groups -OCH3 is 2. The van der Waals surface area contributed by atoms with Crippen LogP contribution in [-0.2, 0) is 4.74 Å². The standard InChI is InChI=1S/C23H19N3O7/c1-32-20-9-7-18(8-10-20)24-21(27)14-3-5-17(6-4-14)25-22(28)15-11-16(23(29)33-2)13-19(12-15)26(30)31/h3-13H,1-2H3,(H,24,27)(H,25,28). The molecule has 0 bridgehead atoms. The highest BCUT2D eigenvalue weighted by atomic mass is 16.6. The first kappa shape index (κ1) is 22.9. The van der Waals surface area contributed by atoms with Crippen molar-refractivity contribution in [3.8, 4) is 5.75 Å². The number of ether oxygens (including phenoxy) is 2. The van der Waals surface area contributed by atoms with E-state index < -0.39 is 22.5 Å². The van der Waals surface area contributed by atoms with Crippen molar-refractivity contribution < 1.29 is 28.8 Å². The molecule has 3 aromatic carbocycles. The zero-order valence-electron chi connectivity index (χ0n) is 17.7. The number of nitrogens with zero attached hydrogens (tertiary/aromatic N) is 1. The second-order valence-corrected chi connectivity index (χ2v) is 6.73. The highest BCUT2D eigenvalue weighted by molar-refractivity contribution is 6.07. The van der Waals surface area contributed by atoms with Gasteiger partial charge in [-0.15, -0.1) is 0 Å². The fourth-order valence-electron chi connectivity index (χ4n) is 2.87. The monoisotopic (exact) mass is 449 g/mol. The average molecular weight is 449 g/mol. The van der Waals surface area contributed by atoms with Crippen LogP contribution in [0.3, 0.4) is 0 Å². The van der Waals surface area contributed by atoms with Gasteiger partial charge in [-0.05, 0) is 54.6 Å². The molecule has 3 rings (SSSR count). The maximum Gasteiger partial charge on any atom is 0.338 e. The quantitative estimate of drug-likeness (QED) is 0.317. The van der Waals surface area contributed by atoms with Crippen molar-refractivity contribution in [3.05, 3.63) is 93.5 Å². The molecule has 0 aliphatic rings. The Balaban J connectivity index is 1.72. The van der Waals surface area contributed by atoms with Crippen LogP contribution in [0.15, 0.2) is 66.7 Å². The van der Waals surface area contributed by atoms with E-state index in [0.29, 0.717) is 22.7 Å². The Morgan fingerprint density at radius 1 is 0.758 bits per heavy atom. The summed E-state index contributed by atoms with van der Waals surface area (Å²) in [7, 11) is 2.68. The number of nitrogens with one attached hydrogen (secondary N) is 2. The average Bonchev–Trinajstić information content (AvgIpc) is 2.84. The molecule has 3 aromatic rings. The fourth-order valence-corrected chi connectivity index (χ4v) is 2.87. The number of rotatable bonds is 7.